The first-order valence-electron chi connectivity index (χ1n) is 6.01. The molecule has 0 aromatic heterocycles. The Hall–Kier alpha value is -1.11. The summed E-state index contributed by atoms with van der Waals surface area (Å²) in [7, 11) is -2.35. The molecular formula is C12H23NO5S. The zero-order valence-electron chi connectivity index (χ0n) is 12.3. The average Bonchev–Trinajstić information content (AvgIpc) is 2.24. The lowest BCUT2D eigenvalue weighted by atomic mass is 10.0. The van der Waals surface area contributed by atoms with Crippen LogP contribution in [0.2, 0.25) is 0 Å². The van der Waals surface area contributed by atoms with Crippen molar-refractivity contribution < 1.29 is 22.7 Å². The second-order valence-corrected chi connectivity index (χ2v) is 8.03. The molecule has 0 bridgehead atoms. The number of carbonyl (C=O) groups excluding carboxylic acids is 2. The summed E-state index contributed by atoms with van der Waals surface area (Å²) >= 11 is 0. The van der Waals surface area contributed by atoms with Crippen LogP contribution in [-0.4, -0.2) is 44.4 Å². The van der Waals surface area contributed by atoms with Crippen molar-refractivity contribution >= 4 is 21.7 Å². The molecule has 0 heterocycles. The Morgan fingerprint density at radius 2 is 1.74 bits per heavy atom. The molecule has 6 nitrogen and oxygen atoms in total. The molecule has 0 saturated heterocycles. The van der Waals surface area contributed by atoms with Crippen molar-refractivity contribution in [2.45, 2.75) is 44.9 Å². The van der Waals surface area contributed by atoms with Gasteiger partial charge in [0.25, 0.3) is 0 Å². The summed E-state index contributed by atoms with van der Waals surface area (Å²) in [5.74, 6) is -1.12. The largest absolute Gasteiger partial charge is 0.467 e. The summed E-state index contributed by atoms with van der Waals surface area (Å²) in [5.41, 5.74) is 0. The smallest absolute Gasteiger partial charge is 0.328 e. The minimum atomic E-state index is -3.57. The molecule has 112 valence electrons. The highest BCUT2D eigenvalue weighted by atomic mass is 32.2. The topological polar surface area (TPSA) is 89.5 Å². The fourth-order valence-corrected chi connectivity index (χ4v) is 1.72. The van der Waals surface area contributed by atoms with Crippen LogP contribution in [0.15, 0.2) is 0 Å². The number of hydrogen-bond acceptors (Lipinski definition) is 5. The minimum Gasteiger partial charge on any atom is -0.467 e. The van der Waals surface area contributed by atoms with Crippen LogP contribution >= 0.6 is 0 Å². The lowest BCUT2D eigenvalue weighted by Crippen LogP contribution is -2.53. The number of ether oxygens (including phenoxy) is 1. The monoisotopic (exact) mass is 293 g/mol. The van der Waals surface area contributed by atoms with Gasteiger partial charge in [0.2, 0.25) is 5.91 Å². The third-order valence-corrected chi connectivity index (χ3v) is 5.01. The standard InChI is InChI=1S/C12H23NO5S/c1-8(2)7-9(10(14)18-5)13-11(15)12(3,4)19(6,16)17/h8-9H,7H2,1-6H3,(H,13,15). The van der Waals surface area contributed by atoms with Gasteiger partial charge in [0.1, 0.15) is 10.8 Å². The van der Waals surface area contributed by atoms with E-state index in [2.05, 4.69) is 10.1 Å². The van der Waals surface area contributed by atoms with Gasteiger partial charge < -0.3 is 10.1 Å². The first-order valence-corrected chi connectivity index (χ1v) is 7.91. The number of hydrogen-bond donors (Lipinski definition) is 1. The molecule has 0 aliphatic rings. The maximum absolute atomic E-state index is 12.0. The van der Waals surface area contributed by atoms with Crippen LogP contribution in [0.25, 0.3) is 0 Å². The molecule has 1 atom stereocenters. The maximum Gasteiger partial charge on any atom is 0.328 e. The molecule has 0 saturated carbocycles. The summed E-state index contributed by atoms with van der Waals surface area (Å²) in [5, 5.41) is 2.45. The van der Waals surface area contributed by atoms with Gasteiger partial charge in [-0.2, -0.15) is 0 Å². The SMILES string of the molecule is COC(=O)C(CC(C)C)NC(=O)C(C)(C)S(C)(=O)=O. The van der Waals surface area contributed by atoms with E-state index in [1.165, 1.54) is 21.0 Å². The molecule has 0 aromatic rings. The van der Waals surface area contributed by atoms with Crippen LogP contribution in [0.1, 0.15) is 34.1 Å². The quantitative estimate of drug-likeness (QED) is 0.721. The van der Waals surface area contributed by atoms with Gasteiger partial charge >= 0.3 is 5.97 Å². The Bertz CT molecular complexity index is 439. The highest BCUT2D eigenvalue weighted by Crippen LogP contribution is 2.16. The minimum absolute atomic E-state index is 0.158. The molecule has 1 unspecified atom stereocenters. The van der Waals surface area contributed by atoms with Crippen LogP contribution in [0.5, 0.6) is 0 Å². The molecule has 0 aliphatic carbocycles. The summed E-state index contributed by atoms with van der Waals surface area (Å²) in [6, 6.07) is -0.835. The first kappa shape index (κ1) is 17.9. The number of methoxy groups -OCH3 is 1. The van der Waals surface area contributed by atoms with Crippen molar-refractivity contribution in [1.82, 2.24) is 5.32 Å². The lowest BCUT2D eigenvalue weighted by Gasteiger charge is -2.25. The summed E-state index contributed by atoms with van der Waals surface area (Å²) < 4.78 is 26.1. The Labute approximate surface area is 114 Å². The molecule has 19 heavy (non-hydrogen) atoms. The molecule has 0 radical (unpaired) electrons. The third kappa shape index (κ3) is 4.81. The number of rotatable bonds is 6. The normalized spacial score (nSPS) is 14.1. The van der Waals surface area contributed by atoms with Gasteiger partial charge in [0.05, 0.1) is 7.11 Å². The summed E-state index contributed by atoms with van der Waals surface area (Å²) in [6.45, 7) is 6.40. The van der Waals surface area contributed by atoms with E-state index in [-0.39, 0.29) is 5.92 Å². The van der Waals surface area contributed by atoms with E-state index in [0.29, 0.717) is 6.42 Å². The van der Waals surface area contributed by atoms with Gasteiger partial charge in [-0.05, 0) is 26.2 Å². The number of esters is 1. The van der Waals surface area contributed by atoms with Gasteiger partial charge in [0, 0.05) is 6.26 Å². The molecule has 7 heteroatoms. The number of amides is 1. The number of nitrogens with one attached hydrogen (secondary N) is 1. The van der Waals surface area contributed by atoms with Crippen LogP contribution in [0.3, 0.4) is 0 Å². The Balaban J connectivity index is 5.06. The highest BCUT2D eigenvalue weighted by molar-refractivity contribution is 7.92. The van der Waals surface area contributed by atoms with Crippen LogP contribution in [0.4, 0.5) is 0 Å². The second-order valence-electron chi connectivity index (χ2n) is 5.46. The lowest BCUT2D eigenvalue weighted by molar-refractivity contribution is -0.145. The van der Waals surface area contributed by atoms with Crippen LogP contribution < -0.4 is 5.32 Å². The second kappa shape index (κ2) is 6.36. The van der Waals surface area contributed by atoms with E-state index in [4.69, 9.17) is 0 Å². The molecule has 0 aromatic carbocycles. The Morgan fingerprint density at radius 3 is 2.05 bits per heavy atom. The van der Waals surface area contributed by atoms with Gasteiger partial charge in [-0.25, -0.2) is 13.2 Å². The van der Waals surface area contributed by atoms with Crippen molar-refractivity contribution in [3.05, 3.63) is 0 Å². The van der Waals surface area contributed by atoms with Crippen molar-refractivity contribution in [3.8, 4) is 0 Å². The first-order chi connectivity index (χ1) is 8.43. The fourth-order valence-electron chi connectivity index (χ4n) is 1.33. The van der Waals surface area contributed by atoms with Crippen molar-refractivity contribution in [2.24, 2.45) is 5.92 Å². The van der Waals surface area contributed by atoms with Crippen molar-refractivity contribution in [2.75, 3.05) is 13.4 Å². The van der Waals surface area contributed by atoms with Crippen molar-refractivity contribution in [1.29, 1.82) is 0 Å². The van der Waals surface area contributed by atoms with E-state index < -0.39 is 32.5 Å². The van der Waals surface area contributed by atoms with Crippen LogP contribution in [-0.2, 0) is 24.2 Å². The highest BCUT2D eigenvalue weighted by Gasteiger charge is 2.40. The van der Waals surface area contributed by atoms with Crippen molar-refractivity contribution in [3.63, 3.8) is 0 Å². The van der Waals surface area contributed by atoms with Crippen LogP contribution in [0, 0.1) is 5.92 Å². The van der Waals surface area contributed by atoms with Gasteiger partial charge in [-0.3, -0.25) is 4.79 Å². The summed E-state index contributed by atoms with van der Waals surface area (Å²) in [6.07, 6.45) is 1.38. The zero-order valence-corrected chi connectivity index (χ0v) is 13.1. The van der Waals surface area contributed by atoms with E-state index in [1.54, 1.807) is 0 Å². The zero-order chi connectivity index (χ0) is 15.4. The van der Waals surface area contributed by atoms with E-state index in [1.807, 2.05) is 13.8 Å². The number of sulfone groups is 1. The van der Waals surface area contributed by atoms with Gasteiger partial charge in [0.15, 0.2) is 9.84 Å². The summed E-state index contributed by atoms with van der Waals surface area (Å²) in [4.78, 5) is 23.6. The molecule has 1 N–H and O–H groups in total. The Morgan fingerprint density at radius 1 is 1.26 bits per heavy atom. The van der Waals surface area contributed by atoms with Gasteiger partial charge in [-0.15, -0.1) is 0 Å². The molecule has 0 aliphatic heterocycles. The third-order valence-electron chi connectivity index (χ3n) is 2.97. The fraction of sp³-hybridized carbons (Fsp3) is 0.833. The molecule has 1 amide bonds. The molecule has 0 spiro atoms. The molecular weight excluding hydrogens is 270 g/mol. The maximum atomic E-state index is 12.0. The number of carbonyl (C=O) groups is 2. The average molecular weight is 293 g/mol. The molecule has 0 fully saturated rings. The van der Waals surface area contributed by atoms with E-state index in [0.717, 1.165) is 6.26 Å². The predicted molar refractivity (Wildman–Crippen MR) is 72.3 cm³/mol. The van der Waals surface area contributed by atoms with E-state index >= 15 is 0 Å². The molecule has 0 rings (SSSR count). The van der Waals surface area contributed by atoms with E-state index in [9.17, 15) is 18.0 Å². The Kier molecular flexibility index (Phi) is 5.99. The predicted octanol–water partition coefficient (Wildman–Crippen LogP) is 0.513. The van der Waals surface area contributed by atoms with Gasteiger partial charge in [-0.1, -0.05) is 13.8 Å².